The van der Waals surface area contributed by atoms with Crippen LogP contribution in [0.5, 0.6) is 0 Å². The minimum Gasteiger partial charge on any atom is -0.399 e. The van der Waals surface area contributed by atoms with E-state index < -0.39 is 0 Å². The van der Waals surface area contributed by atoms with E-state index in [-0.39, 0.29) is 12.5 Å². The largest absolute Gasteiger partial charge is 0.399 e. The molecule has 2 heterocycles. The number of H-pyrrole nitrogens is 1. The van der Waals surface area contributed by atoms with Crippen molar-refractivity contribution in [2.45, 2.75) is 0 Å². The summed E-state index contributed by atoms with van der Waals surface area (Å²) >= 11 is 0. The van der Waals surface area contributed by atoms with Crippen LogP contribution in [0.2, 0.25) is 0 Å². The van der Waals surface area contributed by atoms with Crippen LogP contribution in [0.15, 0.2) is 24.4 Å². The van der Waals surface area contributed by atoms with E-state index in [1.165, 1.54) is 0 Å². The SMILES string of the molecule is Nc1ccc2c(C(=O)N3CCN(CCO)CC3)c[nH]c2c1. The number of nitrogens with two attached hydrogens (primary N) is 1. The van der Waals surface area contributed by atoms with Crippen LogP contribution in [0.25, 0.3) is 10.9 Å². The Morgan fingerprint density at radius 1 is 1.29 bits per heavy atom. The van der Waals surface area contributed by atoms with E-state index in [4.69, 9.17) is 10.8 Å². The first kappa shape index (κ1) is 13.9. The van der Waals surface area contributed by atoms with Crippen molar-refractivity contribution in [2.24, 2.45) is 0 Å². The van der Waals surface area contributed by atoms with E-state index in [0.717, 1.165) is 24.0 Å². The summed E-state index contributed by atoms with van der Waals surface area (Å²) in [5, 5.41) is 9.86. The third-order valence-electron chi connectivity index (χ3n) is 4.01. The third kappa shape index (κ3) is 2.72. The molecule has 112 valence electrons. The summed E-state index contributed by atoms with van der Waals surface area (Å²) < 4.78 is 0. The molecule has 1 fully saturated rings. The molecule has 0 aliphatic carbocycles. The number of aliphatic hydroxyl groups excluding tert-OH is 1. The number of amides is 1. The molecule has 1 saturated heterocycles. The van der Waals surface area contributed by atoms with Gasteiger partial charge >= 0.3 is 0 Å². The molecule has 1 aromatic heterocycles. The lowest BCUT2D eigenvalue weighted by Crippen LogP contribution is -2.49. The number of carbonyl (C=O) groups excluding carboxylic acids is 1. The predicted molar refractivity (Wildman–Crippen MR) is 82.1 cm³/mol. The summed E-state index contributed by atoms with van der Waals surface area (Å²) in [6.07, 6.45) is 1.76. The van der Waals surface area contributed by atoms with Gasteiger partial charge in [-0.25, -0.2) is 0 Å². The van der Waals surface area contributed by atoms with Crippen LogP contribution in [0.3, 0.4) is 0 Å². The maximum Gasteiger partial charge on any atom is 0.256 e. The van der Waals surface area contributed by atoms with Crippen LogP contribution < -0.4 is 5.73 Å². The number of anilines is 1. The van der Waals surface area contributed by atoms with E-state index in [9.17, 15) is 4.79 Å². The molecule has 0 bridgehead atoms. The average molecular weight is 288 g/mol. The Hall–Kier alpha value is -2.05. The van der Waals surface area contributed by atoms with Gasteiger partial charge in [-0.15, -0.1) is 0 Å². The lowest BCUT2D eigenvalue weighted by molar-refractivity contribution is 0.0617. The Morgan fingerprint density at radius 3 is 2.76 bits per heavy atom. The van der Waals surface area contributed by atoms with Gasteiger partial charge in [-0.1, -0.05) is 0 Å². The van der Waals surface area contributed by atoms with Gasteiger partial charge in [-0.3, -0.25) is 9.69 Å². The molecular weight excluding hydrogens is 268 g/mol. The number of rotatable bonds is 3. The highest BCUT2D eigenvalue weighted by Gasteiger charge is 2.23. The second-order valence-electron chi connectivity index (χ2n) is 5.36. The normalized spacial score (nSPS) is 16.5. The minimum atomic E-state index is 0.0506. The molecule has 21 heavy (non-hydrogen) atoms. The molecule has 6 heteroatoms. The summed E-state index contributed by atoms with van der Waals surface area (Å²) in [7, 11) is 0. The van der Waals surface area contributed by atoms with Gasteiger partial charge in [-0.05, 0) is 18.2 Å². The summed E-state index contributed by atoms with van der Waals surface area (Å²) in [5.41, 5.74) is 8.02. The molecule has 0 saturated carbocycles. The Bertz CT molecular complexity index is 644. The molecule has 2 aromatic rings. The number of nitrogens with zero attached hydrogens (tertiary/aromatic N) is 2. The molecule has 0 radical (unpaired) electrons. The minimum absolute atomic E-state index is 0.0506. The van der Waals surface area contributed by atoms with Crippen LogP contribution >= 0.6 is 0 Å². The number of aromatic nitrogens is 1. The highest BCUT2D eigenvalue weighted by atomic mass is 16.3. The Labute approximate surface area is 123 Å². The van der Waals surface area contributed by atoms with Crippen molar-refractivity contribution in [3.8, 4) is 0 Å². The van der Waals surface area contributed by atoms with Crippen molar-refractivity contribution in [3.63, 3.8) is 0 Å². The number of carbonyl (C=O) groups is 1. The van der Waals surface area contributed by atoms with Gasteiger partial charge in [0.2, 0.25) is 0 Å². The molecule has 4 N–H and O–H groups in total. The maximum absolute atomic E-state index is 12.6. The Kier molecular flexibility index (Phi) is 3.81. The standard InChI is InChI=1S/C15H20N4O2/c16-11-1-2-12-13(10-17-14(12)9-11)15(21)19-5-3-18(4-6-19)7-8-20/h1-2,9-10,17,20H,3-8,16H2. The molecule has 0 atom stereocenters. The molecule has 1 aromatic carbocycles. The van der Waals surface area contributed by atoms with Crippen molar-refractivity contribution in [1.29, 1.82) is 0 Å². The smallest absolute Gasteiger partial charge is 0.256 e. The van der Waals surface area contributed by atoms with Crippen LogP contribution in [-0.4, -0.2) is 65.1 Å². The molecule has 1 aliphatic rings. The molecular formula is C15H20N4O2. The molecule has 0 spiro atoms. The van der Waals surface area contributed by atoms with E-state index in [0.29, 0.717) is 30.9 Å². The van der Waals surface area contributed by atoms with E-state index in [1.807, 2.05) is 23.1 Å². The zero-order valence-electron chi connectivity index (χ0n) is 11.9. The van der Waals surface area contributed by atoms with Crippen molar-refractivity contribution in [2.75, 3.05) is 45.1 Å². The van der Waals surface area contributed by atoms with Gasteiger partial charge < -0.3 is 20.7 Å². The van der Waals surface area contributed by atoms with Gasteiger partial charge in [-0.2, -0.15) is 0 Å². The number of fused-ring (bicyclic) bond motifs is 1. The van der Waals surface area contributed by atoms with Gasteiger partial charge in [0.1, 0.15) is 0 Å². The molecule has 0 unspecified atom stereocenters. The number of aromatic amines is 1. The first-order valence-electron chi connectivity index (χ1n) is 7.18. The van der Waals surface area contributed by atoms with Crippen LogP contribution in [0.4, 0.5) is 5.69 Å². The zero-order valence-corrected chi connectivity index (χ0v) is 11.9. The quantitative estimate of drug-likeness (QED) is 0.718. The number of hydrogen-bond acceptors (Lipinski definition) is 4. The van der Waals surface area contributed by atoms with Crippen molar-refractivity contribution >= 4 is 22.5 Å². The van der Waals surface area contributed by atoms with E-state index in [1.54, 1.807) is 6.20 Å². The Morgan fingerprint density at radius 2 is 2.05 bits per heavy atom. The summed E-state index contributed by atoms with van der Waals surface area (Å²) in [5.74, 6) is 0.0506. The lowest BCUT2D eigenvalue weighted by atomic mass is 10.1. The molecule has 1 aliphatic heterocycles. The first-order valence-corrected chi connectivity index (χ1v) is 7.18. The van der Waals surface area contributed by atoms with Gasteiger partial charge in [0.25, 0.3) is 5.91 Å². The number of aliphatic hydroxyl groups is 1. The number of nitrogens with one attached hydrogen (secondary N) is 1. The monoisotopic (exact) mass is 288 g/mol. The maximum atomic E-state index is 12.6. The molecule has 3 rings (SSSR count). The number of nitrogen functional groups attached to an aromatic ring is 1. The van der Waals surface area contributed by atoms with E-state index in [2.05, 4.69) is 9.88 Å². The highest BCUT2D eigenvalue weighted by molar-refractivity contribution is 6.07. The van der Waals surface area contributed by atoms with Gasteiger partial charge in [0, 0.05) is 55.5 Å². The van der Waals surface area contributed by atoms with Crippen molar-refractivity contribution < 1.29 is 9.90 Å². The highest BCUT2D eigenvalue weighted by Crippen LogP contribution is 2.22. The van der Waals surface area contributed by atoms with Crippen molar-refractivity contribution in [1.82, 2.24) is 14.8 Å². The summed E-state index contributed by atoms with van der Waals surface area (Å²) in [6.45, 7) is 3.84. The van der Waals surface area contributed by atoms with Gasteiger partial charge in [0.05, 0.1) is 12.2 Å². The fourth-order valence-corrected chi connectivity index (χ4v) is 2.81. The summed E-state index contributed by atoms with van der Waals surface area (Å²) in [6, 6.07) is 5.54. The lowest BCUT2D eigenvalue weighted by Gasteiger charge is -2.34. The van der Waals surface area contributed by atoms with Gasteiger partial charge in [0.15, 0.2) is 0 Å². The second-order valence-corrected chi connectivity index (χ2v) is 5.36. The fraction of sp³-hybridized carbons (Fsp3) is 0.400. The number of β-amino-alcohol motifs (C(OH)–C–C–N with tert-alkyl or cyclic N) is 1. The number of hydrogen-bond donors (Lipinski definition) is 3. The van der Waals surface area contributed by atoms with Crippen LogP contribution in [0, 0.1) is 0 Å². The predicted octanol–water partition coefficient (Wildman–Crippen LogP) is 0.500. The topological polar surface area (TPSA) is 85.6 Å². The third-order valence-corrected chi connectivity index (χ3v) is 4.01. The van der Waals surface area contributed by atoms with Crippen LogP contribution in [-0.2, 0) is 0 Å². The zero-order chi connectivity index (χ0) is 14.8. The second kappa shape index (κ2) is 5.75. The van der Waals surface area contributed by atoms with E-state index >= 15 is 0 Å². The van der Waals surface area contributed by atoms with Crippen molar-refractivity contribution in [3.05, 3.63) is 30.0 Å². The summed E-state index contributed by atoms with van der Waals surface area (Å²) in [4.78, 5) is 19.8. The number of piperazine rings is 1. The molecule has 6 nitrogen and oxygen atoms in total. The number of benzene rings is 1. The fourth-order valence-electron chi connectivity index (χ4n) is 2.81. The first-order chi connectivity index (χ1) is 10.2. The van der Waals surface area contributed by atoms with Crippen LogP contribution in [0.1, 0.15) is 10.4 Å². The average Bonchev–Trinajstić information content (AvgIpc) is 2.90. The molecule has 1 amide bonds. The Balaban J connectivity index is 1.76.